The fourth-order valence-corrected chi connectivity index (χ4v) is 3.61. The topological polar surface area (TPSA) is 50.2 Å². The van der Waals surface area contributed by atoms with Gasteiger partial charge >= 0.3 is 0 Å². The summed E-state index contributed by atoms with van der Waals surface area (Å²) >= 11 is 0. The Labute approximate surface area is 166 Å². The van der Waals surface area contributed by atoms with E-state index in [1.807, 2.05) is 65.4 Å². The lowest BCUT2D eigenvalue weighted by Gasteiger charge is -2.19. The lowest BCUT2D eigenvalue weighted by atomic mass is 9.96. The summed E-state index contributed by atoms with van der Waals surface area (Å²) in [4.78, 5) is 14.4. The van der Waals surface area contributed by atoms with E-state index in [2.05, 4.69) is 34.7 Å². The molecular formula is C23H26N4O. The predicted octanol–water partition coefficient (Wildman–Crippen LogP) is 3.15. The van der Waals surface area contributed by atoms with Crippen molar-refractivity contribution in [3.63, 3.8) is 0 Å². The second-order valence-electron chi connectivity index (χ2n) is 7.72. The monoisotopic (exact) mass is 374 g/mol. The highest BCUT2D eigenvalue weighted by atomic mass is 16.2. The molecule has 1 amide bonds. The number of hydrogen-bond donors (Lipinski definition) is 1. The Balaban J connectivity index is 1.27. The summed E-state index contributed by atoms with van der Waals surface area (Å²) < 4.78 is 1.86. The van der Waals surface area contributed by atoms with Crippen molar-refractivity contribution in [1.29, 1.82) is 0 Å². The molecule has 5 nitrogen and oxygen atoms in total. The molecular weight excluding hydrogens is 348 g/mol. The summed E-state index contributed by atoms with van der Waals surface area (Å²) in [7, 11) is 1.96. The molecule has 1 heterocycles. The third-order valence-electron chi connectivity index (χ3n) is 5.39. The SMILES string of the molecule is CN(CC(=O)NCC1(c2ccccc2)CC1)Cc1cnn(-c2ccccc2)c1. The van der Waals surface area contributed by atoms with Crippen LogP contribution in [0.3, 0.4) is 0 Å². The minimum Gasteiger partial charge on any atom is -0.354 e. The smallest absolute Gasteiger partial charge is 0.234 e. The zero-order valence-corrected chi connectivity index (χ0v) is 16.2. The molecule has 1 N–H and O–H groups in total. The standard InChI is InChI=1S/C23H26N4O/c1-26(15-19-14-25-27(16-19)21-10-6-3-7-11-21)17-22(28)24-18-23(12-13-23)20-8-4-2-5-9-20/h2-11,14,16H,12-13,15,17-18H2,1H3,(H,24,28). The Hall–Kier alpha value is -2.92. The quantitative estimate of drug-likeness (QED) is 0.659. The zero-order valence-electron chi connectivity index (χ0n) is 16.2. The van der Waals surface area contributed by atoms with Crippen molar-refractivity contribution in [2.24, 2.45) is 0 Å². The number of aromatic nitrogens is 2. The van der Waals surface area contributed by atoms with Crippen LogP contribution >= 0.6 is 0 Å². The molecule has 3 aromatic rings. The van der Waals surface area contributed by atoms with Crippen molar-refractivity contribution in [1.82, 2.24) is 20.0 Å². The van der Waals surface area contributed by atoms with Gasteiger partial charge in [0.05, 0.1) is 18.4 Å². The molecule has 0 unspecified atom stereocenters. The normalized spacial score (nSPS) is 14.8. The number of amides is 1. The summed E-state index contributed by atoms with van der Waals surface area (Å²) in [5.74, 6) is 0.0696. The number of nitrogens with zero attached hydrogens (tertiary/aromatic N) is 3. The molecule has 1 aliphatic carbocycles. The Morgan fingerprint density at radius 2 is 1.79 bits per heavy atom. The van der Waals surface area contributed by atoms with Crippen molar-refractivity contribution >= 4 is 5.91 Å². The van der Waals surface area contributed by atoms with Gasteiger partial charge < -0.3 is 5.32 Å². The average molecular weight is 374 g/mol. The van der Waals surface area contributed by atoms with E-state index in [9.17, 15) is 4.79 Å². The molecule has 0 atom stereocenters. The minimum absolute atomic E-state index is 0.0696. The second-order valence-corrected chi connectivity index (χ2v) is 7.72. The average Bonchev–Trinajstić information content (AvgIpc) is 3.39. The molecule has 4 rings (SSSR count). The summed E-state index contributed by atoms with van der Waals surface area (Å²) in [6.45, 7) is 1.78. The van der Waals surface area contributed by atoms with Gasteiger partial charge in [-0.25, -0.2) is 4.68 Å². The van der Waals surface area contributed by atoms with E-state index in [0.29, 0.717) is 13.1 Å². The van der Waals surface area contributed by atoms with Crippen molar-refractivity contribution in [3.8, 4) is 5.69 Å². The van der Waals surface area contributed by atoms with Crippen molar-refractivity contribution in [2.75, 3.05) is 20.1 Å². The van der Waals surface area contributed by atoms with Crippen LogP contribution in [0.4, 0.5) is 0 Å². The van der Waals surface area contributed by atoms with E-state index in [4.69, 9.17) is 0 Å². The van der Waals surface area contributed by atoms with E-state index in [1.54, 1.807) is 0 Å². The molecule has 0 aliphatic heterocycles. The number of rotatable bonds is 8. The summed E-state index contributed by atoms with van der Waals surface area (Å²) in [6.07, 6.45) is 6.16. The molecule has 28 heavy (non-hydrogen) atoms. The molecule has 144 valence electrons. The highest BCUT2D eigenvalue weighted by molar-refractivity contribution is 5.78. The van der Waals surface area contributed by atoms with E-state index in [-0.39, 0.29) is 11.3 Å². The Kier molecular flexibility index (Phi) is 5.26. The van der Waals surface area contributed by atoms with Gasteiger partial charge in [0.15, 0.2) is 0 Å². The molecule has 1 fully saturated rings. The maximum atomic E-state index is 12.4. The number of benzene rings is 2. The number of carbonyl (C=O) groups is 1. The van der Waals surface area contributed by atoms with Gasteiger partial charge in [-0.2, -0.15) is 5.10 Å². The molecule has 5 heteroatoms. The van der Waals surface area contributed by atoms with E-state index in [0.717, 1.165) is 30.6 Å². The summed E-state index contributed by atoms with van der Waals surface area (Å²) in [5.41, 5.74) is 3.59. The molecule has 1 aliphatic rings. The van der Waals surface area contributed by atoms with Gasteiger partial charge in [-0.15, -0.1) is 0 Å². The van der Waals surface area contributed by atoms with Crippen LogP contribution < -0.4 is 5.32 Å². The molecule has 0 spiro atoms. The number of likely N-dealkylation sites (N-methyl/N-ethyl adjacent to an activating group) is 1. The van der Waals surface area contributed by atoms with Gasteiger partial charge in [0.2, 0.25) is 5.91 Å². The summed E-state index contributed by atoms with van der Waals surface area (Å²) in [6, 6.07) is 20.5. The van der Waals surface area contributed by atoms with E-state index in [1.165, 1.54) is 5.56 Å². The number of hydrogen-bond acceptors (Lipinski definition) is 3. The minimum atomic E-state index is 0.0696. The Morgan fingerprint density at radius 1 is 1.11 bits per heavy atom. The molecule has 1 saturated carbocycles. The van der Waals surface area contributed by atoms with Gasteiger partial charge in [0.25, 0.3) is 0 Å². The fraction of sp³-hybridized carbons (Fsp3) is 0.304. The van der Waals surface area contributed by atoms with Gasteiger partial charge in [0.1, 0.15) is 0 Å². The Bertz CT molecular complexity index is 916. The molecule has 1 aromatic heterocycles. The van der Waals surface area contributed by atoms with Crippen LogP contribution in [0.5, 0.6) is 0 Å². The number of para-hydroxylation sites is 1. The third-order valence-corrected chi connectivity index (χ3v) is 5.39. The lowest BCUT2D eigenvalue weighted by molar-refractivity contribution is -0.122. The third kappa shape index (κ3) is 4.31. The van der Waals surface area contributed by atoms with Crippen LogP contribution in [0.25, 0.3) is 5.69 Å². The van der Waals surface area contributed by atoms with Crippen molar-refractivity contribution in [2.45, 2.75) is 24.8 Å². The first kappa shape index (κ1) is 18.4. The van der Waals surface area contributed by atoms with Crippen LogP contribution in [0.1, 0.15) is 24.0 Å². The molecule has 0 radical (unpaired) electrons. The largest absolute Gasteiger partial charge is 0.354 e. The predicted molar refractivity (Wildman–Crippen MR) is 110 cm³/mol. The van der Waals surface area contributed by atoms with Gasteiger partial charge in [0, 0.05) is 30.3 Å². The highest BCUT2D eigenvalue weighted by Crippen LogP contribution is 2.47. The van der Waals surface area contributed by atoms with Crippen molar-refractivity contribution < 1.29 is 4.79 Å². The van der Waals surface area contributed by atoms with Crippen LogP contribution in [0.2, 0.25) is 0 Å². The molecule has 2 aromatic carbocycles. The first-order chi connectivity index (χ1) is 13.6. The van der Waals surface area contributed by atoms with Gasteiger partial charge in [-0.05, 0) is 37.6 Å². The summed E-state index contributed by atoms with van der Waals surface area (Å²) in [5, 5.41) is 7.55. The van der Waals surface area contributed by atoms with Crippen LogP contribution in [0.15, 0.2) is 73.1 Å². The number of carbonyl (C=O) groups excluding carboxylic acids is 1. The second kappa shape index (κ2) is 7.98. The molecule has 0 bridgehead atoms. The van der Waals surface area contributed by atoms with Crippen LogP contribution in [-0.2, 0) is 16.8 Å². The Morgan fingerprint density at radius 3 is 2.46 bits per heavy atom. The van der Waals surface area contributed by atoms with Crippen LogP contribution in [-0.4, -0.2) is 40.7 Å². The van der Waals surface area contributed by atoms with Crippen LogP contribution in [0, 0.1) is 0 Å². The maximum absolute atomic E-state index is 12.4. The fourth-order valence-electron chi connectivity index (χ4n) is 3.61. The van der Waals surface area contributed by atoms with Gasteiger partial charge in [-0.3, -0.25) is 9.69 Å². The highest BCUT2D eigenvalue weighted by Gasteiger charge is 2.44. The van der Waals surface area contributed by atoms with E-state index < -0.39 is 0 Å². The number of nitrogens with one attached hydrogen (secondary N) is 1. The molecule has 0 saturated heterocycles. The first-order valence-corrected chi connectivity index (χ1v) is 9.74. The van der Waals surface area contributed by atoms with Crippen molar-refractivity contribution in [3.05, 3.63) is 84.2 Å². The maximum Gasteiger partial charge on any atom is 0.234 e. The lowest BCUT2D eigenvalue weighted by Crippen LogP contribution is -2.38. The zero-order chi connectivity index (χ0) is 19.4. The van der Waals surface area contributed by atoms with E-state index >= 15 is 0 Å². The van der Waals surface area contributed by atoms with Gasteiger partial charge in [-0.1, -0.05) is 48.5 Å². The first-order valence-electron chi connectivity index (χ1n) is 9.74.